The Morgan fingerprint density at radius 1 is 1.00 bits per heavy atom. The Balaban J connectivity index is 2.19. The molecule has 0 spiro atoms. The van der Waals surface area contributed by atoms with Crippen LogP contribution in [0.3, 0.4) is 0 Å². The average Bonchev–Trinajstić information content (AvgIpc) is 2.58. The fraction of sp³-hybridized carbons (Fsp3) is 0.368. The molecule has 0 aliphatic rings. The van der Waals surface area contributed by atoms with Gasteiger partial charge < -0.3 is 0 Å². The molecule has 2 unspecified atom stereocenters. The molecule has 2 rings (SSSR count). The van der Waals surface area contributed by atoms with Crippen molar-refractivity contribution in [3.8, 4) is 0 Å². The molecule has 0 fully saturated rings. The Labute approximate surface area is 157 Å². The molecule has 3 nitrogen and oxygen atoms in total. The summed E-state index contributed by atoms with van der Waals surface area (Å²) in [6.07, 6.45) is 4.21. The van der Waals surface area contributed by atoms with Gasteiger partial charge in [0.05, 0.1) is 10.1 Å². The van der Waals surface area contributed by atoms with Gasteiger partial charge in [0.15, 0.2) is 9.84 Å². The molecule has 6 heteroatoms. The van der Waals surface area contributed by atoms with Gasteiger partial charge in [0.2, 0.25) is 0 Å². The predicted molar refractivity (Wildman–Crippen MR) is 105 cm³/mol. The lowest BCUT2D eigenvalue weighted by molar-refractivity contribution is 0.561. The molecule has 0 bridgehead atoms. The molecular weight excluding hydrogens is 376 g/mol. The van der Waals surface area contributed by atoms with Gasteiger partial charge in [0.1, 0.15) is 0 Å². The highest BCUT2D eigenvalue weighted by atomic mass is 35.5. The second-order valence-electron chi connectivity index (χ2n) is 6.08. The van der Waals surface area contributed by atoms with Gasteiger partial charge in [0.25, 0.3) is 0 Å². The van der Waals surface area contributed by atoms with Crippen LogP contribution < -0.4 is 0 Å². The topological polar surface area (TPSA) is 51.2 Å². The summed E-state index contributed by atoms with van der Waals surface area (Å²) in [7, 11) is -4.29. The van der Waals surface area contributed by atoms with Gasteiger partial charge in [-0.3, -0.25) is 4.21 Å². The minimum atomic E-state index is -3.45. The van der Waals surface area contributed by atoms with Gasteiger partial charge in [-0.2, -0.15) is 0 Å². The summed E-state index contributed by atoms with van der Waals surface area (Å²) in [5, 5.41) is 0.0188. The SMILES string of the molecule is CS(=O)CCCCC(Cc1ccccc1)S(=O)(=O)c1ccc(Cl)cc1. The molecule has 2 aromatic carbocycles. The summed E-state index contributed by atoms with van der Waals surface area (Å²) >= 11 is 5.88. The van der Waals surface area contributed by atoms with Crippen molar-refractivity contribution in [2.75, 3.05) is 12.0 Å². The Hall–Kier alpha value is -1.17. The summed E-state index contributed by atoms with van der Waals surface area (Å²) in [6, 6.07) is 16.0. The lowest BCUT2D eigenvalue weighted by Gasteiger charge is -2.18. The van der Waals surface area contributed by atoms with Gasteiger partial charge >= 0.3 is 0 Å². The van der Waals surface area contributed by atoms with Crippen LogP contribution in [0.1, 0.15) is 24.8 Å². The number of benzene rings is 2. The van der Waals surface area contributed by atoms with Crippen molar-refractivity contribution in [1.82, 2.24) is 0 Å². The Bertz CT molecular complexity index is 787. The summed E-state index contributed by atoms with van der Waals surface area (Å²) in [5.41, 5.74) is 1.00. The van der Waals surface area contributed by atoms with Crippen LogP contribution in [0.2, 0.25) is 5.02 Å². The van der Waals surface area contributed by atoms with E-state index in [2.05, 4.69) is 0 Å². The molecule has 0 N–H and O–H groups in total. The molecule has 0 aromatic heterocycles. The van der Waals surface area contributed by atoms with Crippen molar-refractivity contribution in [1.29, 1.82) is 0 Å². The van der Waals surface area contributed by atoms with Crippen molar-refractivity contribution in [3.63, 3.8) is 0 Å². The number of halogens is 1. The van der Waals surface area contributed by atoms with E-state index in [1.165, 1.54) is 0 Å². The predicted octanol–water partition coefficient (Wildman–Crippen LogP) is 4.27. The first-order valence-corrected chi connectivity index (χ1v) is 11.9. The summed E-state index contributed by atoms with van der Waals surface area (Å²) in [5.74, 6) is 0.610. The van der Waals surface area contributed by atoms with Gasteiger partial charge in [0, 0.05) is 27.8 Å². The minimum absolute atomic E-state index is 0.303. The largest absolute Gasteiger partial charge is 0.260 e. The second kappa shape index (κ2) is 9.51. The highest BCUT2D eigenvalue weighted by Gasteiger charge is 2.27. The first-order chi connectivity index (χ1) is 11.9. The van der Waals surface area contributed by atoms with Crippen molar-refractivity contribution >= 4 is 32.2 Å². The van der Waals surface area contributed by atoms with Gasteiger partial charge in [-0.1, -0.05) is 48.4 Å². The number of hydrogen-bond acceptors (Lipinski definition) is 3. The Kier molecular flexibility index (Phi) is 7.66. The third-order valence-electron chi connectivity index (χ3n) is 4.10. The van der Waals surface area contributed by atoms with E-state index in [9.17, 15) is 12.6 Å². The highest BCUT2D eigenvalue weighted by molar-refractivity contribution is 7.92. The zero-order chi connectivity index (χ0) is 18.3. The van der Waals surface area contributed by atoms with Crippen LogP contribution in [0.25, 0.3) is 0 Å². The lowest BCUT2D eigenvalue weighted by atomic mass is 10.1. The van der Waals surface area contributed by atoms with Crippen molar-refractivity contribution in [3.05, 3.63) is 65.2 Å². The second-order valence-corrected chi connectivity index (χ2v) is 10.3. The Morgan fingerprint density at radius 2 is 1.64 bits per heavy atom. The molecule has 0 aliphatic carbocycles. The van der Waals surface area contributed by atoms with Crippen molar-refractivity contribution in [2.24, 2.45) is 0 Å². The van der Waals surface area contributed by atoms with Crippen molar-refractivity contribution < 1.29 is 12.6 Å². The third-order valence-corrected chi connectivity index (χ3v) is 7.42. The zero-order valence-corrected chi connectivity index (χ0v) is 16.6. The van der Waals surface area contributed by atoms with Gasteiger partial charge in [-0.05, 0) is 49.1 Å². The molecule has 0 aliphatic heterocycles. The summed E-state index contributed by atoms with van der Waals surface area (Å²) in [4.78, 5) is 0.303. The molecule has 0 amide bonds. The molecule has 0 radical (unpaired) electrons. The molecular formula is C19H23ClO3S2. The first kappa shape index (κ1) is 20.1. The maximum atomic E-state index is 13.1. The molecule has 136 valence electrons. The molecule has 2 aromatic rings. The molecule has 2 atom stereocenters. The molecule has 25 heavy (non-hydrogen) atoms. The van der Waals surface area contributed by atoms with Gasteiger partial charge in [-0.25, -0.2) is 8.42 Å². The van der Waals surface area contributed by atoms with Crippen LogP contribution >= 0.6 is 11.6 Å². The van der Waals surface area contributed by atoms with Crippen LogP contribution in [0.4, 0.5) is 0 Å². The van der Waals surface area contributed by atoms with E-state index >= 15 is 0 Å². The van der Waals surface area contributed by atoms with E-state index in [0.717, 1.165) is 18.4 Å². The summed E-state index contributed by atoms with van der Waals surface area (Å²) < 4.78 is 37.4. The third kappa shape index (κ3) is 6.24. The number of hydrogen-bond donors (Lipinski definition) is 0. The number of rotatable bonds is 9. The van der Waals surface area contributed by atoms with E-state index in [4.69, 9.17) is 11.6 Å². The number of unbranched alkanes of at least 4 members (excludes halogenated alkanes) is 1. The first-order valence-electron chi connectivity index (χ1n) is 8.23. The minimum Gasteiger partial charge on any atom is -0.260 e. The Morgan fingerprint density at radius 3 is 2.24 bits per heavy atom. The lowest BCUT2D eigenvalue weighted by Crippen LogP contribution is -2.24. The van der Waals surface area contributed by atoms with E-state index in [1.54, 1.807) is 30.5 Å². The zero-order valence-electron chi connectivity index (χ0n) is 14.2. The van der Waals surface area contributed by atoms with E-state index < -0.39 is 25.9 Å². The van der Waals surface area contributed by atoms with Crippen LogP contribution in [0.15, 0.2) is 59.5 Å². The molecule has 0 saturated carbocycles. The fourth-order valence-corrected chi connectivity index (χ4v) is 5.26. The van der Waals surface area contributed by atoms with Crippen LogP contribution in [0.5, 0.6) is 0 Å². The van der Waals surface area contributed by atoms with Gasteiger partial charge in [-0.15, -0.1) is 0 Å². The van der Waals surface area contributed by atoms with Crippen LogP contribution in [-0.4, -0.2) is 29.9 Å². The smallest absolute Gasteiger partial charge is 0.181 e. The molecule has 0 heterocycles. The maximum absolute atomic E-state index is 13.1. The monoisotopic (exact) mass is 398 g/mol. The standard InChI is InChI=1S/C19H23ClO3S2/c1-24(21)14-6-5-9-19(15-16-7-3-2-4-8-16)25(22,23)18-12-10-17(20)11-13-18/h2-4,7-8,10-13,19H,5-6,9,14-15H2,1H3. The van der Waals surface area contributed by atoms with Crippen molar-refractivity contribution in [2.45, 2.75) is 35.8 Å². The molecule has 0 saturated heterocycles. The fourth-order valence-electron chi connectivity index (χ4n) is 2.74. The van der Waals surface area contributed by atoms with E-state index in [-0.39, 0.29) is 0 Å². The van der Waals surface area contributed by atoms with E-state index in [0.29, 0.717) is 28.5 Å². The number of sulfone groups is 1. The maximum Gasteiger partial charge on any atom is 0.181 e. The normalized spacial score (nSPS) is 14.2. The average molecular weight is 399 g/mol. The highest BCUT2D eigenvalue weighted by Crippen LogP contribution is 2.25. The quantitative estimate of drug-likeness (QED) is 0.592. The van der Waals surface area contributed by atoms with Crippen LogP contribution in [-0.2, 0) is 27.1 Å². The summed E-state index contributed by atoms with van der Waals surface area (Å²) in [6.45, 7) is 0. The van der Waals surface area contributed by atoms with E-state index in [1.807, 2.05) is 30.3 Å². The van der Waals surface area contributed by atoms with Crippen LogP contribution in [0, 0.1) is 0 Å².